The molecule has 0 heterocycles. The Hall–Kier alpha value is -3.22. The van der Waals surface area contributed by atoms with E-state index in [9.17, 15) is 29.7 Å². The monoisotopic (exact) mass is 616 g/mol. The van der Waals surface area contributed by atoms with Crippen molar-refractivity contribution in [2.24, 2.45) is 17.6 Å². The van der Waals surface area contributed by atoms with Gasteiger partial charge in [-0.15, -0.1) is 0 Å². The lowest BCUT2D eigenvalue weighted by Gasteiger charge is -2.46. The van der Waals surface area contributed by atoms with Crippen LogP contribution >= 0.6 is 23.0 Å². The van der Waals surface area contributed by atoms with Crippen LogP contribution in [0.1, 0.15) is 39.9 Å². The minimum absolute atomic E-state index is 0.0244. The summed E-state index contributed by atoms with van der Waals surface area (Å²) in [6.07, 6.45) is 0.460. The highest BCUT2D eigenvalue weighted by Crippen LogP contribution is 2.53. The second kappa shape index (κ2) is 9.58. The van der Waals surface area contributed by atoms with Crippen LogP contribution in [0.3, 0.4) is 0 Å². The van der Waals surface area contributed by atoms with Crippen LogP contribution in [0.15, 0.2) is 65.1 Å². The fourth-order valence-corrected chi connectivity index (χ4v) is 6.67. The maximum atomic E-state index is 13.7. The largest absolute Gasteiger partial charge is 0.511 e. The van der Waals surface area contributed by atoms with Crippen LogP contribution in [0.2, 0.25) is 0 Å². The van der Waals surface area contributed by atoms with Crippen molar-refractivity contribution in [1.29, 1.82) is 0 Å². The number of aromatic hydroxyl groups is 1. The third kappa shape index (κ3) is 3.94. The SMILES string of the molecule is NC(=O)C1=C(O)C[C@@H]2C[C@@H]3Cc4c(CNCc5ccccc5)ccc(O)c4C(=O)C3=C(O)[C@]2(OI)C1=O. The lowest BCUT2D eigenvalue weighted by atomic mass is 9.60. The number of phenolic OH excluding ortho intramolecular Hbond substituents is 1. The Labute approximate surface area is 226 Å². The van der Waals surface area contributed by atoms with Gasteiger partial charge in [0.1, 0.15) is 45.8 Å². The average Bonchev–Trinajstić information content (AvgIpc) is 2.85. The first kappa shape index (κ1) is 25.4. The number of allylic oxidation sites excluding steroid dienone is 2. The summed E-state index contributed by atoms with van der Waals surface area (Å²) >= 11 is 1.47. The third-order valence-electron chi connectivity index (χ3n) is 7.62. The van der Waals surface area contributed by atoms with Crippen LogP contribution in [-0.4, -0.2) is 38.4 Å². The van der Waals surface area contributed by atoms with Crippen LogP contribution < -0.4 is 11.1 Å². The molecule has 0 spiro atoms. The van der Waals surface area contributed by atoms with Crippen LogP contribution in [-0.2, 0) is 32.2 Å². The molecule has 192 valence electrons. The molecule has 6 N–H and O–H groups in total. The zero-order chi connectivity index (χ0) is 26.5. The molecule has 0 unspecified atom stereocenters. The lowest BCUT2D eigenvalue weighted by molar-refractivity contribution is -0.137. The van der Waals surface area contributed by atoms with Gasteiger partial charge < -0.3 is 26.4 Å². The van der Waals surface area contributed by atoms with E-state index in [-0.39, 0.29) is 29.7 Å². The number of hydrogen-bond donors (Lipinski definition) is 5. The number of primary amides is 1. The van der Waals surface area contributed by atoms with Crippen molar-refractivity contribution >= 4 is 40.5 Å². The van der Waals surface area contributed by atoms with Gasteiger partial charge in [0.15, 0.2) is 5.78 Å². The fourth-order valence-electron chi connectivity index (χ4n) is 5.90. The van der Waals surface area contributed by atoms with E-state index in [4.69, 9.17) is 8.80 Å². The molecule has 2 aromatic carbocycles. The molecule has 9 nitrogen and oxygen atoms in total. The van der Waals surface area contributed by atoms with Gasteiger partial charge in [-0.2, -0.15) is 0 Å². The first-order valence-electron chi connectivity index (χ1n) is 11.8. The Morgan fingerprint density at radius 1 is 1.08 bits per heavy atom. The molecule has 0 saturated heterocycles. The molecule has 10 heteroatoms. The molecule has 0 bridgehead atoms. The minimum Gasteiger partial charge on any atom is -0.511 e. The molecule has 1 amide bonds. The molecule has 3 aliphatic carbocycles. The van der Waals surface area contributed by atoms with E-state index in [0.717, 1.165) is 11.1 Å². The van der Waals surface area contributed by atoms with Gasteiger partial charge in [-0.1, -0.05) is 36.4 Å². The number of aliphatic hydroxyl groups excluding tert-OH is 2. The fraction of sp³-hybridized carbons (Fsp3) is 0.296. The Morgan fingerprint density at radius 3 is 2.49 bits per heavy atom. The van der Waals surface area contributed by atoms with Crippen LogP contribution in [0.4, 0.5) is 0 Å². The second-order valence-electron chi connectivity index (χ2n) is 9.64. The highest BCUT2D eigenvalue weighted by atomic mass is 127. The Bertz CT molecular complexity index is 1380. The van der Waals surface area contributed by atoms with Gasteiger partial charge in [-0.3, -0.25) is 17.4 Å². The number of nitrogens with two attached hydrogens (primary N) is 1. The standard InChI is InChI=1S/C27H25IN2O7/c28-37-27-16(10-19(32)22(25(27)35)26(29)36)8-15-9-17-14(12-30-11-13-4-2-1-3-5-13)6-7-18(31)21(17)23(33)20(15)24(27)34/h1-7,15-16,30-32,34H,8-12H2,(H2,29,36)/t15-,16+,27+/m1/s1. The van der Waals surface area contributed by atoms with Crippen molar-refractivity contribution in [3.63, 3.8) is 0 Å². The van der Waals surface area contributed by atoms with Gasteiger partial charge in [-0.05, 0) is 41.5 Å². The molecule has 2 aromatic rings. The number of halogens is 1. The number of ketones is 2. The molecule has 0 fully saturated rings. The number of aliphatic hydroxyl groups is 2. The summed E-state index contributed by atoms with van der Waals surface area (Å²) in [5.41, 5.74) is 5.34. The maximum Gasteiger partial charge on any atom is 0.255 e. The average molecular weight is 616 g/mol. The van der Waals surface area contributed by atoms with Crippen molar-refractivity contribution in [3.8, 4) is 5.75 Å². The highest BCUT2D eigenvalue weighted by Gasteiger charge is 2.61. The minimum atomic E-state index is -2.03. The Kier molecular flexibility index (Phi) is 6.59. The van der Waals surface area contributed by atoms with Crippen molar-refractivity contribution in [1.82, 2.24) is 5.32 Å². The van der Waals surface area contributed by atoms with Crippen molar-refractivity contribution < 1.29 is 32.8 Å². The van der Waals surface area contributed by atoms with Gasteiger partial charge in [0.25, 0.3) is 5.91 Å². The molecule has 0 radical (unpaired) electrons. The summed E-state index contributed by atoms with van der Waals surface area (Å²) in [4.78, 5) is 39.0. The molecule has 37 heavy (non-hydrogen) atoms. The summed E-state index contributed by atoms with van der Waals surface area (Å²) in [7, 11) is 0. The number of carbonyl (C=O) groups excluding carboxylic acids is 3. The first-order chi connectivity index (χ1) is 17.7. The summed E-state index contributed by atoms with van der Waals surface area (Å²) < 4.78 is 5.51. The normalized spacial score (nSPS) is 25.0. The number of amides is 1. The second-order valence-corrected chi connectivity index (χ2v) is 10.1. The van der Waals surface area contributed by atoms with Gasteiger partial charge >= 0.3 is 0 Å². The van der Waals surface area contributed by atoms with E-state index in [1.54, 1.807) is 6.07 Å². The zero-order valence-corrected chi connectivity index (χ0v) is 21.8. The van der Waals surface area contributed by atoms with E-state index in [0.29, 0.717) is 25.1 Å². The number of phenols is 1. The number of nitrogens with one attached hydrogen (secondary N) is 1. The van der Waals surface area contributed by atoms with Crippen molar-refractivity contribution in [2.75, 3.05) is 0 Å². The van der Waals surface area contributed by atoms with E-state index < -0.39 is 52.0 Å². The number of Topliss-reactive ketones (excluding diaryl/α,β-unsaturated/α-hetero) is 2. The molecular formula is C27H25IN2O7. The molecule has 0 saturated carbocycles. The predicted octanol–water partition coefficient (Wildman–Crippen LogP) is 3.24. The van der Waals surface area contributed by atoms with Crippen molar-refractivity contribution in [2.45, 2.75) is 38.0 Å². The van der Waals surface area contributed by atoms with E-state index in [1.165, 1.54) is 29.1 Å². The first-order valence-corrected chi connectivity index (χ1v) is 12.7. The molecule has 0 aromatic heterocycles. The molecule has 5 rings (SSSR count). The van der Waals surface area contributed by atoms with Crippen LogP contribution in [0, 0.1) is 11.8 Å². The molecule has 0 aliphatic heterocycles. The number of fused-ring (bicyclic) bond motifs is 3. The lowest BCUT2D eigenvalue weighted by Crippen LogP contribution is -2.57. The van der Waals surface area contributed by atoms with Gasteiger partial charge in [0.05, 0.1) is 5.56 Å². The van der Waals surface area contributed by atoms with Gasteiger partial charge in [0, 0.05) is 31.0 Å². The highest BCUT2D eigenvalue weighted by molar-refractivity contribution is 14.1. The molecule has 3 aliphatic rings. The van der Waals surface area contributed by atoms with Crippen molar-refractivity contribution in [3.05, 3.63) is 87.4 Å². The predicted molar refractivity (Wildman–Crippen MR) is 141 cm³/mol. The number of hydrogen-bond acceptors (Lipinski definition) is 8. The van der Waals surface area contributed by atoms with E-state index in [2.05, 4.69) is 5.32 Å². The Morgan fingerprint density at radius 2 is 1.81 bits per heavy atom. The number of benzene rings is 2. The Balaban J connectivity index is 1.54. The molecular weight excluding hydrogens is 591 g/mol. The summed E-state index contributed by atoms with van der Waals surface area (Å²) in [6.45, 7) is 1.07. The van der Waals surface area contributed by atoms with E-state index >= 15 is 0 Å². The van der Waals surface area contributed by atoms with Crippen LogP contribution in [0.25, 0.3) is 0 Å². The summed E-state index contributed by atoms with van der Waals surface area (Å²) in [5, 5.41) is 35.8. The smallest absolute Gasteiger partial charge is 0.255 e. The topological polar surface area (TPSA) is 159 Å². The number of rotatable bonds is 6. The van der Waals surface area contributed by atoms with Gasteiger partial charge in [-0.25, -0.2) is 0 Å². The van der Waals surface area contributed by atoms with E-state index in [1.807, 2.05) is 30.3 Å². The van der Waals surface area contributed by atoms with Crippen LogP contribution in [0.5, 0.6) is 5.75 Å². The summed E-state index contributed by atoms with van der Waals surface area (Å²) in [6, 6.07) is 13.1. The number of carbonyl (C=O) groups is 3. The van der Waals surface area contributed by atoms with Gasteiger partial charge in [0.2, 0.25) is 11.4 Å². The summed E-state index contributed by atoms with van der Waals surface area (Å²) in [5.74, 6) is -5.18. The molecule has 3 atom stereocenters. The zero-order valence-electron chi connectivity index (χ0n) is 19.7. The quantitative estimate of drug-likeness (QED) is 0.245. The third-order valence-corrected chi connectivity index (χ3v) is 8.31. The maximum absolute atomic E-state index is 13.7.